The number of carbonyl (C=O) groups is 1. The van der Waals surface area contributed by atoms with Crippen LogP contribution in [0.4, 0.5) is 29.3 Å². The lowest BCUT2D eigenvalue weighted by Crippen LogP contribution is -2.61. The van der Waals surface area contributed by atoms with E-state index in [1.54, 1.807) is 37.8 Å². The van der Waals surface area contributed by atoms with Crippen LogP contribution in [0.2, 0.25) is 0 Å². The summed E-state index contributed by atoms with van der Waals surface area (Å²) in [5, 5.41) is 0. The molecule has 0 spiro atoms. The molecule has 12 heteroatoms. The minimum atomic E-state index is -4.56. The predicted octanol–water partition coefficient (Wildman–Crippen LogP) is 5.24. The zero-order chi connectivity index (χ0) is 26.0. The van der Waals surface area contributed by atoms with E-state index in [0.29, 0.717) is 17.1 Å². The van der Waals surface area contributed by atoms with Crippen LogP contribution in [0.25, 0.3) is 0 Å². The number of alkyl halides is 3. The van der Waals surface area contributed by atoms with Crippen molar-refractivity contribution in [3.8, 4) is 11.5 Å². The van der Waals surface area contributed by atoms with E-state index in [1.165, 1.54) is 11.0 Å². The van der Waals surface area contributed by atoms with E-state index in [4.69, 9.17) is 17.8 Å². The van der Waals surface area contributed by atoms with E-state index in [0.717, 1.165) is 17.7 Å². The lowest BCUT2D eigenvalue weighted by Gasteiger charge is -2.46. The van der Waals surface area contributed by atoms with Gasteiger partial charge in [0.15, 0.2) is 11.5 Å². The van der Waals surface area contributed by atoms with Gasteiger partial charge in [0.1, 0.15) is 17.8 Å². The molecule has 0 N–H and O–H groups in total. The third kappa shape index (κ3) is 4.64. The number of hydrogen-bond acceptors (Lipinski definition) is 7. The largest absolute Gasteiger partial charge is 0.453 e. The van der Waals surface area contributed by atoms with Crippen molar-refractivity contribution in [1.82, 2.24) is 4.90 Å². The lowest BCUT2D eigenvalue weighted by molar-refractivity contribution is -0.137. The quantitative estimate of drug-likeness (QED) is 0.503. The molecule has 2 fully saturated rings. The van der Waals surface area contributed by atoms with Gasteiger partial charge in [-0.3, -0.25) is 8.37 Å². The monoisotopic (exact) mass is 526 g/mol. The summed E-state index contributed by atoms with van der Waals surface area (Å²) in [6, 6.07) is 7.95. The van der Waals surface area contributed by atoms with Crippen LogP contribution in [0.5, 0.6) is 11.5 Å². The molecule has 194 valence electrons. The second-order valence-corrected chi connectivity index (χ2v) is 10.8. The Morgan fingerprint density at radius 3 is 2.36 bits per heavy atom. The van der Waals surface area contributed by atoms with Gasteiger partial charge in [0, 0.05) is 6.54 Å². The third-order valence-corrected chi connectivity index (χ3v) is 6.85. The Hall–Kier alpha value is -2.83. The van der Waals surface area contributed by atoms with Gasteiger partial charge in [0.2, 0.25) is 0 Å². The average Bonchev–Trinajstić information content (AvgIpc) is 3.14. The Bertz CT molecular complexity index is 1230. The van der Waals surface area contributed by atoms with Gasteiger partial charge in [-0.1, -0.05) is 6.07 Å². The van der Waals surface area contributed by atoms with Gasteiger partial charge in [0.05, 0.1) is 29.5 Å². The summed E-state index contributed by atoms with van der Waals surface area (Å²) in [7, 11) is 0. The van der Waals surface area contributed by atoms with Crippen LogP contribution in [0, 0.1) is 6.92 Å². The molecule has 5 rings (SSSR count). The highest BCUT2D eigenvalue weighted by Gasteiger charge is 2.51. The zero-order valence-corrected chi connectivity index (χ0v) is 20.8. The standard InChI is InChI=1S/C24H25F3N2O6S/c1-13-5-7-15-18(9-13)32-19-10-14(24(25,26)27)6-8-16(19)29(15)17-11-28(22(30)33-23(2,3)4)12-20-21(17)35-36(31)34-20/h5-10,17,20-21H,11-12H2,1-4H3/t17-,20-,21+,36?/m0/s1. The lowest BCUT2D eigenvalue weighted by atomic mass is 9.95. The van der Waals surface area contributed by atoms with Gasteiger partial charge in [0.25, 0.3) is 0 Å². The number of fused-ring (bicyclic) bond motifs is 3. The molecule has 0 radical (unpaired) electrons. The molecule has 1 unspecified atom stereocenters. The Kier molecular flexibility index (Phi) is 5.96. The van der Waals surface area contributed by atoms with Crippen molar-refractivity contribution < 1.29 is 40.0 Å². The van der Waals surface area contributed by atoms with Gasteiger partial charge in [-0.25, -0.2) is 4.79 Å². The smallest absolute Gasteiger partial charge is 0.416 e. The summed E-state index contributed by atoms with van der Waals surface area (Å²) in [6.07, 6.45) is -6.60. The minimum Gasteiger partial charge on any atom is -0.453 e. The Morgan fingerprint density at radius 1 is 1.03 bits per heavy atom. The number of hydrogen-bond donors (Lipinski definition) is 0. The molecule has 36 heavy (non-hydrogen) atoms. The maximum atomic E-state index is 13.5. The van der Waals surface area contributed by atoms with Gasteiger partial charge in [-0.15, -0.1) is 0 Å². The second-order valence-electron chi connectivity index (χ2n) is 9.98. The minimum absolute atomic E-state index is 0.00824. The number of nitrogens with zero attached hydrogens (tertiary/aromatic N) is 2. The molecule has 0 bridgehead atoms. The fraction of sp³-hybridized carbons (Fsp3) is 0.458. The molecule has 3 aliphatic heterocycles. The van der Waals surface area contributed by atoms with Crippen molar-refractivity contribution in [3.63, 3.8) is 0 Å². The zero-order valence-electron chi connectivity index (χ0n) is 20.0. The van der Waals surface area contributed by atoms with Gasteiger partial charge >= 0.3 is 23.6 Å². The normalized spacial score (nSPS) is 25.5. The van der Waals surface area contributed by atoms with E-state index >= 15 is 0 Å². The van der Waals surface area contributed by atoms with Crippen LogP contribution in [0.1, 0.15) is 31.9 Å². The molecule has 0 aromatic heterocycles. The van der Waals surface area contributed by atoms with E-state index in [-0.39, 0.29) is 18.8 Å². The Labute approximate surface area is 208 Å². The molecule has 1 amide bonds. The van der Waals surface area contributed by atoms with Crippen molar-refractivity contribution in [3.05, 3.63) is 47.5 Å². The first-order chi connectivity index (χ1) is 16.8. The van der Waals surface area contributed by atoms with E-state index in [2.05, 4.69) is 0 Å². The topological polar surface area (TPSA) is 77.5 Å². The molecular formula is C24H25F3N2O6S. The molecule has 8 nitrogen and oxygen atoms in total. The van der Waals surface area contributed by atoms with Crippen molar-refractivity contribution in [1.29, 1.82) is 0 Å². The number of rotatable bonds is 1. The number of carbonyl (C=O) groups excluding carboxylic acids is 1. The number of anilines is 2. The molecule has 3 aliphatic rings. The molecule has 3 heterocycles. The van der Waals surface area contributed by atoms with Crippen LogP contribution >= 0.6 is 0 Å². The second kappa shape index (κ2) is 8.63. The number of benzene rings is 2. The first-order valence-corrected chi connectivity index (χ1v) is 12.3. The first-order valence-electron chi connectivity index (χ1n) is 11.3. The Balaban J connectivity index is 1.60. The van der Waals surface area contributed by atoms with Crippen molar-refractivity contribution in [2.45, 2.75) is 57.7 Å². The van der Waals surface area contributed by atoms with Gasteiger partial charge in [-0.2, -0.15) is 17.4 Å². The van der Waals surface area contributed by atoms with Crippen LogP contribution < -0.4 is 9.64 Å². The highest BCUT2D eigenvalue weighted by atomic mass is 32.2. The maximum Gasteiger partial charge on any atom is 0.416 e. The average molecular weight is 527 g/mol. The fourth-order valence-corrected chi connectivity index (χ4v) is 5.43. The number of halogens is 3. The summed E-state index contributed by atoms with van der Waals surface area (Å²) in [5.41, 5.74) is 0.181. The number of likely N-dealkylation sites (tertiary alicyclic amines) is 1. The predicted molar refractivity (Wildman–Crippen MR) is 124 cm³/mol. The first kappa shape index (κ1) is 24.8. The fourth-order valence-electron chi connectivity index (χ4n) is 4.58. The number of piperidine rings is 1. The maximum absolute atomic E-state index is 13.5. The molecule has 4 atom stereocenters. The van der Waals surface area contributed by atoms with Crippen molar-refractivity contribution >= 4 is 28.8 Å². The Morgan fingerprint density at radius 2 is 1.69 bits per heavy atom. The summed E-state index contributed by atoms with van der Waals surface area (Å²) in [4.78, 5) is 16.2. The van der Waals surface area contributed by atoms with E-state index in [1.807, 2.05) is 13.0 Å². The number of ether oxygens (including phenoxy) is 2. The molecule has 0 saturated carbocycles. The summed E-state index contributed by atoms with van der Waals surface area (Å²) >= 11 is -2.04. The molecule has 0 aliphatic carbocycles. The summed E-state index contributed by atoms with van der Waals surface area (Å²) < 4.78 is 75.1. The van der Waals surface area contributed by atoms with Crippen LogP contribution in [-0.4, -0.2) is 52.1 Å². The highest BCUT2D eigenvalue weighted by molar-refractivity contribution is 7.75. The highest BCUT2D eigenvalue weighted by Crippen LogP contribution is 2.51. The van der Waals surface area contributed by atoms with Gasteiger partial charge in [-0.05, 0) is 63.6 Å². The van der Waals surface area contributed by atoms with E-state index in [9.17, 15) is 22.2 Å². The molecular weight excluding hydrogens is 501 g/mol. The van der Waals surface area contributed by atoms with E-state index < -0.39 is 53.0 Å². The van der Waals surface area contributed by atoms with Crippen LogP contribution in [-0.2, 0) is 30.6 Å². The molecule has 2 aromatic carbocycles. The summed E-state index contributed by atoms with van der Waals surface area (Å²) in [6.45, 7) is 7.25. The third-order valence-electron chi connectivity index (χ3n) is 6.07. The molecule has 2 aromatic rings. The van der Waals surface area contributed by atoms with Gasteiger partial charge < -0.3 is 19.3 Å². The summed E-state index contributed by atoms with van der Waals surface area (Å²) in [5.74, 6) is 0.363. The van der Waals surface area contributed by atoms with Crippen molar-refractivity contribution in [2.24, 2.45) is 0 Å². The van der Waals surface area contributed by atoms with Crippen LogP contribution in [0.15, 0.2) is 36.4 Å². The van der Waals surface area contributed by atoms with Crippen molar-refractivity contribution in [2.75, 3.05) is 18.0 Å². The van der Waals surface area contributed by atoms with Crippen LogP contribution in [0.3, 0.4) is 0 Å². The number of aryl methyl sites for hydroxylation is 1. The SMILES string of the molecule is Cc1ccc2c(c1)Oc1cc(C(F)(F)F)ccc1N2[C@H]1CN(C(=O)OC(C)(C)C)C[C@@H]2OS(=O)O[C@@H]21. The number of amides is 1. The molecule has 2 saturated heterocycles.